The maximum Gasteiger partial charge on any atom is 0.225 e. The Morgan fingerprint density at radius 3 is 2.50 bits per heavy atom. The lowest BCUT2D eigenvalue weighted by molar-refractivity contribution is -0.135. The van der Waals surface area contributed by atoms with E-state index in [9.17, 15) is 9.90 Å². The number of amides is 1. The fraction of sp³-hybridized carbons (Fsp3) is 0.667. The molecule has 1 aliphatic carbocycles. The number of likely N-dealkylation sites (tertiary alicyclic amines) is 1. The quantitative estimate of drug-likeness (QED) is 0.872. The fourth-order valence-electron chi connectivity index (χ4n) is 3.84. The predicted molar refractivity (Wildman–Crippen MR) is 85.2 cm³/mol. The Labute approximate surface area is 132 Å². The van der Waals surface area contributed by atoms with Gasteiger partial charge in [0.1, 0.15) is 0 Å². The van der Waals surface area contributed by atoms with Crippen LogP contribution < -0.4 is 0 Å². The van der Waals surface area contributed by atoms with Crippen LogP contribution in [0.2, 0.25) is 0 Å². The maximum atomic E-state index is 12.7. The molecular formula is C18H26N2O2. The molecular weight excluding hydrogens is 276 g/mol. The minimum absolute atomic E-state index is 0.150. The Bertz CT molecular complexity index is 483. The van der Waals surface area contributed by atoms with Crippen LogP contribution in [-0.2, 0) is 11.2 Å². The van der Waals surface area contributed by atoms with Crippen LogP contribution in [-0.4, -0.2) is 40.1 Å². The van der Waals surface area contributed by atoms with E-state index in [0.29, 0.717) is 13.1 Å². The van der Waals surface area contributed by atoms with Crippen molar-refractivity contribution in [2.24, 2.45) is 11.8 Å². The number of aliphatic hydroxyl groups excluding tert-OH is 1. The van der Waals surface area contributed by atoms with E-state index >= 15 is 0 Å². The first-order valence-corrected chi connectivity index (χ1v) is 8.60. The Morgan fingerprint density at radius 1 is 1.14 bits per heavy atom. The smallest absolute Gasteiger partial charge is 0.225 e. The number of aromatic nitrogens is 1. The molecule has 4 heteroatoms. The third kappa shape index (κ3) is 3.67. The van der Waals surface area contributed by atoms with Crippen LogP contribution in [0.3, 0.4) is 0 Å². The van der Waals surface area contributed by atoms with E-state index in [1.165, 1.54) is 31.2 Å². The summed E-state index contributed by atoms with van der Waals surface area (Å²) in [6, 6.07) is 3.98. The second-order valence-electron chi connectivity index (χ2n) is 6.82. The summed E-state index contributed by atoms with van der Waals surface area (Å²) in [5.74, 6) is 0.615. The van der Waals surface area contributed by atoms with E-state index in [-0.39, 0.29) is 17.7 Å². The van der Waals surface area contributed by atoms with Crippen LogP contribution in [0.25, 0.3) is 0 Å². The first-order valence-electron chi connectivity index (χ1n) is 8.60. The van der Waals surface area contributed by atoms with Gasteiger partial charge in [-0.2, -0.15) is 0 Å². The fourth-order valence-corrected chi connectivity index (χ4v) is 3.84. The highest BCUT2D eigenvalue weighted by atomic mass is 16.3. The van der Waals surface area contributed by atoms with Crippen molar-refractivity contribution in [1.29, 1.82) is 0 Å². The zero-order valence-electron chi connectivity index (χ0n) is 13.2. The van der Waals surface area contributed by atoms with Crippen LogP contribution in [0.5, 0.6) is 0 Å². The Balaban J connectivity index is 1.58. The number of carbonyl (C=O) groups is 1. The third-order valence-corrected chi connectivity index (χ3v) is 5.17. The van der Waals surface area contributed by atoms with E-state index in [4.69, 9.17) is 0 Å². The van der Waals surface area contributed by atoms with Gasteiger partial charge < -0.3 is 10.0 Å². The summed E-state index contributed by atoms with van der Waals surface area (Å²) in [6.07, 6.45) is 10.9. The molecule has 1 saturated heterocycles. The molecule has 4 nitrogen and oxygen atoms in total. The molecule has 2 atom stereocenters. The molecule has 0 unspecified atom stereocenters. The summed E-state index contributed by atoms with van der Waals surface area (Å²) < 4.78 is 0. The normalized spacial score (nSPS) is 26.9. The maximum absolute atomic E-state index is 12.7. The molecule has 1 amide bonds. The zero-order chi connectivity index (χ0) is 15.4. The molecule has 1 aromatic heterocycles. The molecule has 0 spiro atoms. The van der Waals surface area contributed by atoms with E-state index in [1.807, 2.05) is 17.0 Å². The lowest BCUT2D eigenvalue weighted by Gasteiger charge is -2.22. The van der Waals surface area contributed by atoms with E-state index in [2.05, 4.69) is 4.98 Å². The standard InChI is InChI=1S/C18H26N2O2/c21-17-13-20(18(22)15-5-3-1-2-4-6-15)12-16(17)11-14-7-9-19-10-8-14/h7-10,15-17,21H,1-6,11-13H2/t16-,17-/m1/s1. The van der Waals surface area contributed by atoms with Gasteiger partial charge in [0.15, 0.2) is 0 Å². The third-order valence-electron chi connectivity index (χ3n) is 5.17. The first kappa shape index (κ1) is 15.5. The Morgan fingerprint density at radius 2 is 1.82 bits per heavy atom. The van der Waals surface area contributed by atoms with Gasteiger partial charge in [0.05, 0.1) is 6.10 Å². The van der Waals surface area contributed by atoms with Gasteiger partial charge in [0.25, 0.3) is 0 Å². The minimum Gasteiger partial charge on any atom is -0.391 e. The molecule has 1 aromatic rings. The average molecular weight is 302 g/mol. The largest absolute Gasteiger partial charge is 0.391 e. The monoisotopic (exact) mass is 302 g/mol. The van der Waals surface area contributed by atoms with Crippen molar-refractivity contribution in [1.82, 2.24) is 9.88 Å². The number of hydrogen-bond acceptors (Lipinski definition) is 3. The molecule has 0 bridgehead atoms. The van der Waals surface area contributed by atoms with Crippen LogP contribution in [0.4, 0.5) is 0 Å². The molecule has 22 heavy (non-hydrogen) atoms. The second kappa shape index (κ2) is 7.23. The van der Waals surface area contributed by atoms with Gasteiger partial charge in [0, 0.05) is 37.3 Å². The van der Waals surface area contributed by atoms with Gasteiger partial charge in [-0.15, -0.1) is 0 Å². The zero-order valence-corrected chi connectivity index (χ0v) is 13.2. The number of nitrogens with zero attached hydrogens (tertiary/aromatic N) is 2. The molecule has 3 rings (SSSR count). The van der Waals surface area contributed by atoms with Crippen molar-refractivity contribution in [3.05, 3.63) is 30.1 Å². The van der Waals surface area contributed by atoms with E-state index < -0.39 is 6.10 Å². The molecule has 2 aliphatic rings. The van der Waals surface area contributed by atoms with Crippen molar-refractivity contribution < 1.29 is 9.90 Å². The summed E-state index contributed by atoms with van der Waals surface area (Å²) in [5.41, 5.74) is 1.18. The summed E-state index contributed by atoms with van der Waals surface area (Å²) in [6.45, 7) is 1.20. The molecule has 120 valence electrons. The summed E-state index contributed by atoms with van der Waals surface area (Å²) >= 11 is 0. The highest BCUT2D eigenvalue weighted by Gasteiger charge is 2.36. The van der Waals surface area contributed by atoms with Gasteiger partial charge in [-0.05, 0) is 37.0 Å². The van der Waals surface area contributed by atoms with Crippen molar-refractivity contribution >= 4 is 5.91 Å². The number of β-amino-alcohol motifs (C(OH)–C–C–N with tert-alkyl or cyclic N) is 1. The van der Waals surface area contributed by atoms with Gasteiger partial charge in [0.2, 0.25) is 5.91 Å². The number of pyridine rings is 1. The lowest BCUT2D eigenvalue weighted by Crippen LogP contribution is -2.35. The van der Waals surface area contributed by atoms with Crippen molar-refractivity contribution in [2.45, 2.75) is 51.0 Å². The molecule has 1 N–H and O–H groups in total. The highest BCUT2D eigenvalue weighted by Crippen LogP contribution is 2.28. The number of rotatable bonds is 3. The van der Waals surface area contributed by atoms with Crippen LogP contribution in [0.1, 0.15) is 44.1 Å². The molecule has 1 saturated carbocycles. The molecule has 0 aromatic carbocycles. The van der Waals surface area contributed by atoms with Gasteiger partial charge >= 0.3 is 0 Å². The lowest BCUT2D eigenvalue weighted by atomic mass is 9.97. The summed E-state index contributed by atoms with van der Waals surface area (Å²) in [4.78, 5) is 18.6. The van der Waals surface area contributed by atoms with E-state index in [1.54, 1.807) is 12.4 Å². The second-order valence-corrected chi connectivity index (χ2v) is 6.82. The van der Waals surface area contributed by atoms with Crippen LogP contribution in [0.15, 0.2) is 24.5 Å². The van der Waals surface area contributed by atoms with Gasteiger partial charge in [-0.25, -0.2) is 0 Å². The number of carbonyl (C=O) groups excluding carboxylic acids is 1. The summed E-state index contributed by atoms with van der Waals surface area (Å²) in [5, 5.41) is 10.3. The van der Waals surface area contributed by atoms with Crippen LogP contribution in [0, 0.1) is 11.8 Å². The molecule has 1 aliphatic heterocycles. The van der Waals surface area contributed by atoms with Gasteiger partial charge in [-0.1, -0.05) is 25.7 Å². The van der Waals surface area contributed by atoms with Crippen molar-refractivity contribution in [3.63, 3.8) is 0 Å². The minimum atomic E-state index is -0.400. The molecule has 2 heterocycles. The van der Waals surface area contributed by atoms with E-state index in [0.717, 1.165) is 19.3 Å². The highest BCUT2D eigenvalue weighted by molar-refractivity contribution is 5.79. The average Bonchev–Trinajstić information content (AvgIpc) is 2.76. The van der Waals surface area contributed by atoms with Crippen molar-refractivity contribution in [3.8, 4) is 0 Å². The molecule has 0 radical (unpaired) electrons. The predicted octanol–water partition coefficient (Wildman–Crippen LogP) is 2.41. The first-order chi connectivity index (χ1) is 10.7. The van der Waals surface area contributed by atoms with Crippen LogP contribution >= 0.6 is 0 Å². The SMILES string of the molecule is O=C(C1CCCCCC1)N1C[C@@H](Cc2ccncc2)[C@H](O)C1. The Hall–Kier alpha value is -1.42. The summed E-state index contributed by atoms with van der Waals surface area (Å²) in [7, 11) is 0. The number of hydrogen-bond donors (Lipinski definition) is 1. The number of aliphatic hydroxyl groups is 1. The Kier molecular flexibility index (Phi) is 5.08. The van der Waals surface area contributed by atoms with Crippen molar-refractivity contribution in [2.75, 3.05) is 13.1 Å². The topological polar surface area (TPSA) is 53.4 Å². The molecule has 2 fully saturated rings. The van der Waals surface area contributed by atoms with Gasteiger partial charge in [-0.3, -0.25) is 9.78 Å².